The van der Waals surface area contributed by atoms with Crippen molar-refractivity contribution in [3.8, 4) is 0 Å². The number of fused-ring (bicyclic) bond motifs is 1. The Kier molecular flexibility index (Phi) is 7.76. The van der Waals surface area contributed by atoms with Gasteiger partial charge in [0, 0.05) is 52.9 Å². The number of amides is 1. The van der Waals surface area contributed by atoms with Crippen LogP contribution in [0.3, 0.4) is 0 Å². The van der Waals surface area contributed by atoms with Crippen molar-refractivity contribution in [3.63, 3.8) is 0 Å². The third-order valence-electron chi connectivity index (χ3n) is 7.20. The van der Waals surface area contributed by atoms with Crippen molar-refractivity contribution < 1.29 is 19.1 Å². The van der Waals surface area contributed by atoms with Gasteiger partial charge < -0.3 is 14.6 Å². The van der Waals surface area contributed by atoms with Gasteiger partial charge in [-0.25, -0.2) is 9.18 Å². The van der Waals surface area contributed by atoms with Crippen molar-refractivity contribution in [2.24, 2.45) is 5.92 Å². The van der Waals surface area contributed by atoms with Crippen LogP contribution in [0.25, 0.3) is 10.9 Å². The molecule has 0 spiro atoms. The first-order chi connectivity index (χ1) is 18.3. The van der Waals surface area contributed by atoms with E-state index in [0.717, 1.165) is 36.4 Å². The van der Waals surface area contributed by atoms with Crippen molar-refractivity contribution in [2.45, 2.75) is 49.1 Å². The molecule has 38 heavy (non-hydrogen) atoms. The first-order valence-electron chi connectivity index (χ1n) is 12.5. The second-order valence-corrected chi connectivity index (χ2v) is 11.1. The molecule has 2 aromatic heterocycles. The summed E-state index contributed by atoms with van der Waals surface area (Å²) in [5.74, 6) is -1.10. The number of hydrogen-bond acceptors (Lipinski definition) is 4. The lowest BCUT2D eigenvalue weighted by Crippen LogP contribution is -2.40. The van der Waals surface area contributed by atoms with Gasteiger partial charge in [-0.3, -0.25) is 9.48 Å². The van der Waals surface area contributed by atoms with Gasteiger partial charge in [0.1, 0.15) is 6.54 Å². The molecule has 198 valence electrons. The Hall–Kier alpha value is -3.30. The fourth-order valence-electron chi connectivity index (χ4n) is 5.06. The van der Waals surface area contributed by atoms with Crippen molar-refractivity contribution in [1.82, 2.24) is 19.2 Å². The van der Waals surface area contributed by atoms with E-state index in [-0.39, 0.29) is 28.6 Å². The molecule has 4 aromatic rings. The molecule has 0 radical (unpaired) electrons. The smallest absolute Gasteiger partial charge is 0.335 e. The number of halogens is 2. The van der Waals surface area contributed by atoms with Crippen LogP contribution in [0.1, 0.15) is 35.3 Å². The predicted octanol–water partition coefficient (Wildman–Crippen LogP) is 6.12. The highest BCUT2D eigenvalue weighted by Gasteiger charge is 2.26. The quantitative estimate of drug-likeness (QED) is 0.284. The molecule has 1 aliphatic rings. The molecule has 3 heterocycles. The van der Waals surface area contributed by atoms with Gasteiger partial charge >= 0.3 is 5.97 Å². The van der Waals surface area contributed by atoms with Gasteiger partial charge in [0.25, 0.3) is 0 Å². The number of carboxylic acids is 1. The average molecular weight is 555 g/mol. The van der Waals surface area contributed by atoms with E-state index in [0.29, 0.717) is 29.3 Å². The SMILES string of the molecule is Cc1c(Sc2cccc(C(=O)O)c2)c2ccc(Cl)c(F)c2n1CC(=O)N1CCC(CCn2cccn2)CC1. The molecule has 1 fully saturated rings. The highest BCUT2D eigenvalue weighted by Crippen LogP contribution is 2.40. The second kappa shape index (κ2) is 11.2. The molecule has 7 nitrogen and oxygen atoms in total. The topological polar surface area (TPSA) is 80.4 Å². The number of benzene rings is 2. The highest BCUT2D eigenvalue weighted by molar-refractivity contribution is 7.99. The summed E-state index contributed by atoms with van der Waals surface area (Å²) >= 11 is 7.50. The van der Waals surface area contributed by atoms with E-state index in [4.69, 9.17) is 11.6 Å². The molecule has 2 aromatic carbocycles. The fourth-order valence-corrected chi connectivity index (χ4v) is 6.32. The highest BCUT2D eigenvalue weighted by atomic mass is 35.5. The van der Waals surface area contributed by atoms with Crippen molar-refractivity contribution in [2.75, 3.05) is 13.1 Å². The summed E-state index contributed by atoms with van der Waals surface area (Å²) in [5, 5.41) is 14.3. The number of nitrogens with zero attached hydrogens (tertiary/aromatic N) is 4. The Balaban J connectivity index is 1.35. The molecule has 1 amide bonds. The van der Waals surface area contributed by atoms with Gasteiger partial charge in [0.05, 0.1) is 16.1 Å². The lowest BCUT2D eigenvalue weighted by Gasteiger charge is -2.32. The normalized spacial score (nSPS) is 14.3. The molecule has 10 heteroatoms. The number of aromatic carboxylic acids is 1. The van der Waals surface area contributed by atoms with Crippen LogP contribution in [-0.4, -0.2) is 49.3 Å². The number of rotatable bonds is 8. The number of hydrogen-bond donors (Lipinski definition) is 1. The van der Waals surface area contributed by atoms with Crippen LogP contribution in [0.5, 0.6) is 0 Å². The minimum absolute atomic E-state index is 0.00722. The van der Waals surface area contributed by atoms with E-state index in [1.807, 2.05) is 34.8 Å². The van der Waals surface area contributed by atoms with Crippen molar-refractivity contribution in [3.05, 3.63) is 77.0 Å². The van der Waals surface area contributed by atoms with Crippen LogP contribution in [0.15, 0.2) is 64.6 Å². The van der Waals surface area contributed by atoms with Gasteiger partial charge in [0.2, 0.25) is 5.91 Å². The summed E-state index contributed by atoms with van der Waals surface area (Å²) in [4.78, 5) is 28.1. The van der Waals surface area contributed by atoms with E-state index in [1.165, 1.54) is 23.9 Å². The second-order valence-electron chi connectivity index (χ2n) is 9.58. The maximum Gasteiger partial charge on any atom is 0.335 e. The number of carboxylic acid groups (broad SMARTS) is 1. The number of aryl methyl sites for hydroxylation is 1. The summed E-state index contributed by atoms with van der Waals surface area (Å²) in [7, 11) is 0. The summed E-state index contributed by atoms with van der Waals surface area (Å²) in [6.07, 6.45) is 6.63. The zero-order chi connectivity index (χ0) is 26.8. The van der Waals surface area contributed by atoms with Gasteiger partial charge in [-0.05, 0) is 68.5 Å². The Morgan fingerprint density at radius 3 is 2.68 bits per heavy atom. The Morgan fingerprint density at radius 1 is 1.18 bits per heavy atom. The van der Waals surface area contributed by atoms with Crippen LogP contribution in [0.4, 0.5) is 4.39 Å². The largest absolute Gasteiger partial charge is 0.478 e. The van der Waals surface area contributed by atoms with Crippen LogP contribution in [0, 0.1) is 18.7 Å². The average Bonchev–Trinajstić information content (AvgIpc) is 3.53. The maximum absolute atomic E-state index is 15.3. The molecule has 0 bridgehead atoms. The Morgan fingerprint density at radius 2 is 1.97 bits per heavy atom. The molecule has 1 aliphatic heterocycles. The maximum atomic E-state index is 15.3. The fraction of sp³-hybridized carbons (Fsp3) is 0.321. The third kappa shape index (κ3) is 5.44. The standard InChI is InChI=1S/C28H28ClFN4O3S/c1-18-27(38-21-5-2-4-20(16-21)28(36)37)22-6-7-23(29)25(30)26(22)34(18)17-24(35)32-13-8-19(9-14-32)10-15-33-12-3-11-31-33/h2-7,11-12,16,19H,8-10,13-15,17H2,1H3,(H,36,37). The minimum Gasteiger partial charge on any atom is -0.478 e. The monoisotopic (exact) mass is 554 g/mol. The van der Waals surface area contributed by atoms with Gasteiger partial charge in [-0.2, -0.15) is 5.10 Å². The van der Waals surface area contributed by atoms with Crippen LogP contribution in [0.2, 0.25) is 5.02 Å². The van der Waals surface area contributed by atoms with E-state index < -0.39 is 11.8 Å². The molecule has 0 unspecified atom stereocenters. The molecule has 1 N–H and O–H groups in total. The molecular weight excluding hydrogens is 527 g/mol. The number of likely N-dealkylation sites (tertiary alicyclic amines) is 1. The minimum atomic E-state index is -1.01. The Bertz CT molecular complexity index is 1480. The summed E-state index contributed by atoms with van der Waals surface area (Å²) in [6, 6.07) is 11.8. The van der Waals surface area contributed by atoms with Crippen molar-refractivity contribution >= 4 is 46.1 Å². The molecular formula is C28H28ClFN4O3S. The molecule has 0 aliphatic carbocycles. The number of piperidine rings is 1. The van der Waals surface area contributed by atoms with Crippen molar-refractivity contribution in [1.29, 1.82) is 0 Å². The van der Waals surface area contributed by atoms with Gasteiger partial charge in [-0.1, -0.05) is 29.4 Å². The van der Waals surface area contributed by atoms with Crippen LogP contribution >= 0.6 is 23.4 Å². The lowest BCUT2D eigenvalue weighted by atomic mass is 9.93. The van der Waals surface area contributed by atoms with Crippen LogP contribution < -0.4 is 0 Å². The van der Waals surface area contributed by atoms with E-state index in [9.17, 15) is 14.7 Å². The Labute approximate surface area is 229 Å². The lowest BCUT2D eigenvalue weighted by molar-refractivity contribution is -0.133. The summed E-state index contributed by atoms with van der Waals surface area (Å²) in [6.45, 7) is 4.08. The summed E-state index contributed by atoms with van der Waals surface area (Å²) < 4.78 is 19.0. The molecule has 0 saturated carbocycles. The van der Waals surface area contributed by atoms with E-state index in [1.54, 1.807) is 29.0 Å². The zero-order valence-corrected chi connectivity index (χ0v) is 22.5. The molecule has 0 atom stereocenters. The van der Waals surface area contributed by atoms with E-state index >= 15 is 4.39 Å². The number of carbonyl (C=O) groups is 2. The zero-order valence-electron chi connectivity index (χ0n) is 20.9. The number of carbonyl (C=O) groups excluding carboxylic acids is 1. The first-order valence-corrected chi connectivity index (χ1v) is 13.7. The van der Waals surface area contributed by atoms with Gasteiger partial charge in [0.15, 0.2) is 5.82 Å². The molecule has 5 rings (SSSR count). The summed E-state index contributed by atoms with van der Waals surface area (Å²) in [5.41, 5.74) is 1.19. The first kappa shape index (κ1) is 26.3. The van der Waals surface area contributed by atoms with E-state index in [2.05, 4.69) is 5.10 Å². The number of aromatic nitrogens is 3. The van der Waals surface area contributed by atoms with Crippen LogP contribution in [-0.2, 0) is 17.9 Å². The molecule has 1 saturated heterocycles. The van der Waals surface area contributed by atoms with Gasteiger partial charge in [-0.15, -0.1) is 0 Å². The predicted molar refractivity (Wildman–Crippen MR) is 145 cm³/mol. The third-order valence-corrected chi connectivity index (χ3v) is 8.71.